The summed E-state index contributed by atoms with van der Waals surface area (Å²) in [5, 5.41) is 10.9. The Morgan fingerprint density at radius 1 is 1.09 bits per heavy atom. The molecule has 3 rings (SSSR count). The molecule has 1 saturated heterocycles. The number of benzene rings is 2. The molecule has 122 valence electrons. The third-order valence-electron chi connectivity index (χ3n) is 4.67. The Morgan fingerprint density at radius 3 is 2.48 bits per heavy atom. The minimum atomic E-state index is -0.631. The first-order chi connectivity index (χ1) is 11.0. The lowest BCUT2D eigenvalue weighted by Crippen LogP contribution is -2.43. The minimum absolute atomic E-state index is 0.631. The van der Waals surface area contributed by atoms with Crippen molar-refractivity contribution in [3.05, 3.63) is 65.7 Å². The van der Waals surface area contributed by atoms with Crippen molar-refractivity contribution >= 4 is 5.69 Å². The monoisotopic (exact) mass is 310 g/mol. The Hall–Kier alpha value is -1.84. The molecular formula is C20H26N2O. The normalized spacial score (nSPS) is 21.5. The molecule has 0 spiro atoms. The summed E-state index contributed by atoms with van der Waals surface area (Å²) in [5.41, 5.74) is 3.10. The molecule has 23 heavy (non-hydrogen) atoms. The van der Waals surface area contributed by atoms with Crippen LogP contribution in [-0.2, 0) is 6.54 Å². The van der Waals surface area contributed by atoms with Crippen molar-refractivity contribution in [2.24, 2.45) is 0 Å². The smallest absolute Gasteiger partial charge is 0.0959 e. The molecule has 1 fully saturated rings. The molecule has 1 unspecified atom stereocenters. The first-order valence-electron chi connectivity index (χ1n) is 8.31. The Morgan fingerprint density at radius 2 is 1.78 bits per heavy atom. The first kappa shape index (κ1) is 16.0. The standard InChI is InChI=1S/C20H26N2O/c1-17-8-10-19(11-9-17)21(2)15-20(23)12-13-22(16-20)14-18-6-4-3-5-7-18/h3-11,23H,12-16H2,1-2H3. The summed E-state index contributed by atoms with van der Waals surface area (Å²) in [7, 11) is 2.06. The molecule has 2 aromatic rings. The van der Waals surface area contributed by atoms with Crippen molar-refractivity contribution in [2.75, 3.05) is 31.6 Å². The fraction of sp³-hybridized carbons (Fsp3) is 0.400. The van der Waals surface area contributed by atoms with Crippen molar-refractivity contribution in [2.45, 2.75) is 25.5 Å². The van der Waals surface area contributed by atoms with Crippen LogP contribution in [0.5, 0.6) is 0 Å². The van der Waals surface area contributed by atoms with Crippen LogP contribution in [0, 0.1) is 6.92 Å². The fourth-order valence-electron chi connectivity index (χ4n) is 3.38. The third-order valence-corrected chi connectivity index (χ3v) is 4.67. The molecule has 0 bridgehead atoms. The van der Waals surface area contributed by atoms with Gasteiger partial charge in [0.15, 0.2) is 0 Å². The summed E-state index contributed by atoms with van der Waals surface area (Å²) in [4.78, 5) is 4.50. The topological polar surface area (TPSA) is 26.7 Å². The molecule has 2 aromatic carbocycles. The molecule has 0 radical (unpaired) electrons. The number of aliphatic hydroxyl groups is 1. The van der Waals surface area contributed by atoms with Gasteiger partial charge in [0.05, 0.1) is 5.60 Å². The highest BCUT2D eigenvalue weighted by atomic mass is 16.3. The van der Waals surface area contributed by atoms with Gasteiger partial charge in [-0.2, -0.15) is 0 Å². The van der Waals surface area contributed by atoms with Gasteiger partial charge in [0.1, 0.15) is 0 Å². The van der Waals surface area contributed by atoms with E-state index in [1.807, 2.05) is 6.07 Å². The molecule has 1 heterocycles. The molecule has 0 aromatic heterocycles. The largest absolute Gasteiger partial charge is 0.387 e. The van der Waals surface area contributed by atoms with Crippen molar-refractivity contribution in [3.63, 3.8) is 0 Å². The van der Waals surface area contributed by atoms with E-state index >= 15 is 0 Å². The summed E-state index contributed by atoms with van der Waals surface area (Å²) in [6, 6.07) is 19.0. The van der Waals surface area contributed by atoms with E-state index in [-0.39, 0.29) is 0 Å². The van der Waals surface area contributed by atoms with Crippen LogP contribution in [0.4, 0.5) is 5.69 Å². The van der Waals surface area contributed by atoms with Crippen LogP contribution in [0.3, 0.4) is 0 Å². The highest BCUT2D eigenvalue weighted by molar-refractivity contribution is 5.47. The van der Waals surface area contributed by atoms with E-state index in [1.165, 1.54) is 11.1 Å². The predicted molar refractivity (Wildman–Crippen MR) is 95.7 cm³/mol. The van der Waals surface area contributed by atoms with Crippen LogP contribution in [0.25, 0.3) is 0 Å². The number of nitrogens with zero attached hydrogens (tertiary/aromatic N) is 2. The van der Waals surface area contributed by atoms with Crippen LogP contribution in [0.15, 0.2) is 54.6 Å². The summed E-state index contributed by atoms with van der Waals surface area (Å²) in [6.45, 7) is 5.36. The first-order valence-corrected chi connectivity index (χ1v) is 8.31. The maximum atomic E-state index is 10.9. The average Bonchev–Trinajstić information content (AvgIpc) is 2.89. The maximum Gasteiger partial charge on any atom is 0.0959 e. The lowest BCUT2D eigenvalue weighted by atomic mass is 10.0. The number of anilines is 1. The molecule has 1 N–H and O–H groups in total. The van der Waals surface area contributed by atoms with Crippen LogP contribution < -0.4 is 4.90 Å². The zero-order valence-corrected chi connectivity index (χ0v) is 14.1. The molecule has 0 amide bonds. The SMILES string of the molecule is Cc1ccc(N(C)CC2(O)CCN(Cc3ccccc3)C2)cc1. The van der Waals surface area contributed by atoms with Crippen LogP contribution in [0.2, 0.25) is 0 Å². The Balaban J connectivity index is 1.59. The van der Waals surface area contributed by atoms with Crippen molar-refractivity contribution in [1.29, 1.82) is 0 Å². The van der Waals surface area contributed by atoms with E-state index in [9.17, 15) is 5.11 Å². The number of hydrogen-bond acceptors (Lipinski definition) is 3. The van der Waals surface area contributed by atoms with Gasteiger partial charge in [-0.15, -0.1) is 0 Å². The maximum absolute atomic E-state index is 10.9. The number of likely N-dealkylation sites (N-methyl/N-ethyl adjacent to an activating group) is 1. The molecule has 1 aliphatic heterocycles. The minimum Gasteiger partial charge on any atom is -0.387 e. The van der Waals surface area contributed by atoms with Crippen LogP contribution in [0.1, 0.15) is 17.5 Å². The van der Waals surface area contributed by atoms with Gasteiger partial charge < -0.3 is 10.0 Å². The van der Waals surface area contributed by atoms with E-state index in [0.29, 0.717) is 6.54 Å². The van der Waals surface area contributed by atoms with E-state index < -0.39 is 5.60 Å². The number of rotatable bonds is 5. The molecule has 0 saturated carbocycles. The predicted octanol–water partition coefficient (Wildman–Crippen LogP) is 3.07. The van der Waals surface area contributed by atoms with E-state index in [2.05, 4.69) is 72.3 Å². The Bertz CT molecular complexity index is 626. The number of aryl methyl sites for hydroxylation is 1. The zero-order chi connectivity index (χ0) is 16.3. The van der Waals surface area contributed by atoms with Crippen molar-refractivity contribution in [3.8, 4) is 0 Å². The summed E-state index contributed by atoms with van der Waals surface area (Å²) in [6.07, 6.45) is 0.829. The molecule has 3 heteroatoms. The van der Waals surface area contributed by atoms with Gasteiger partial charge in [0.2, 0.25) is 0 Å². The number of β-amino-alcohol motifs (C(OH)–C–C–N with tert-alkyl or cyclic N) is 1. The van der Waals surface area contributed by atoms with Gasteiger partial charge in [-0.05, 0) is 31.0 Å². The van der Waals surface area contributed by atoms with Crippen LogP contribution in [-0.4, -0.2) is 42.3 Å². The van der Waals surface area contributed by atoms with Gasteiger partial charge in [-0.1, -0.05) is 48.0 Å². The van der Waals surface area contributed by atoms with Crippen molar-refractivity contribution in [1.82, 2.24) is 4.90 Å². The van der Waals surface area contributed by atoms with Gasteiger partial charge in [0.25, 0.3) is 0 Å². The lowest BCUT2D eigenvalue weighted by molar-refractivity contribution is 0.0562. The average molecular weight is 310 g/mol. The summed E-state index contributed by atoms with van der Waals surface area (Å²) >= 11 is 0. The molecule has 1 aliphatic rings. The van der Waals surface area contributed by atoms with Gasteiger partial charge in [-0.3, -0.25) is 4.90 Å². The molecule has 3 nitrogen and oxygen atoms in total. The van der Waals surface area contributed by atoms with E-state index in [4.69, 9.17) is 0 Å². The molecule has 1 atom stereocenters. The Kier molecular flexibility index (Phi) is 4.69. The summed E-state index contributed by atoms with van der Waals surface area (Å²) in [5.74, 6) is 0. The summed E-state index contributed by atoms with van der Waals surface area (Å²) < 4.78 is 0. The van der Waals surface area contributed by atoms with E-state index in [1.54, 1.807) is 0 Å². The third kappa shape index (κ3) is 4.12. The highest BCUT2D eigenvalue weighted by Gasteiger charge is 2.36. The lowest BCUT2D eigenvalue weighted by Gasteiger charge is -2.30. The van der Waals surface area contributed by atoms with Gasteiger partial charge in [0, 0.05) is 38.9 Å². The van der Waals surface area contributed by atoms with Crippen molar-refractivity contribution < 1.29 is 5.11 Å². The second-order valence-electron chi connectivity index (χ2n) is 6.86. The number of likely N-dealkylation sites (tertiary alicyclic amines) is 1. The quantitative estimate of drug-likeness (QED) is 0.919. The van der Waals surface area contributed by atoms with Crippen LogP contribution >= 0.6 is 0 Å². The highest BCUT2D eigenvalue weighted by Crippen LogP contribution is 2.25. The van der Waals surface area contributed by atoms with Gasteiger partial charge >= 0.3 is 0 Å². The number of hydrogen-bond donors (Lipinski definition) is 1. The fourth-order valence-corrected chi connectivity index (χ4v) is 3.38. The second-order valence-corrected chi connectivity index (χ2v) is 6.86. The van der Waals surface area contributed by atoms with E-state index in [0.717, 1.165) is 31.7 Å². The Labute approximate surface area is 139 Å². The second kappa shape index (κ2) is 6.73. The molecular weight excluding hydrogens is 284 g/mol. The zero-order valence-electron chi connectivity index (χ0n) is 14.1. The molecule has 0 aliphatic carbocycles. The van der Waals surface area contributed by atoms with Gasteiger partial charge in [-0.25, -0.2) is 0 Å².